The number of fused-ring (bicyclic) bond motifs is 1. The van der Waals surface area contributed by atoms with Crippen LogP contribution in [0.15, 0.2) is 66.1 Å². The summed E-state index contributed by atoms with van der Waals surface area (Å²) < 4.78 is 35.5. The molecule has 1 aromatic carbocycles. The van der Waals surface area contributed by atoms with Crippen molar-refractivity contribution < 1.29 is 13.2 Å². The zero-order chi connectivity index (χ0) is 24.7. The van der Waals surface area contributed by atoms with Gasteiger partial charge in [-0.1, -0.05) is 24.3 Å². The fourth-order valence-electron chi connectivity index (χ4n) is 5.11. The molecule has 0 saturated carbocycles. The van der Waals surface area contributed by atoms with Gasteiger partial charge in [0.2, 0.25) is 0 Å². The maximum atomic E-state index is 13.5. The van der Waals surface area contributed by atoms with Crippen LogP contribution in [0.2, 0.25) is 0 Å². The molecule has 1 unspecified atom stereocenters. The van der Waals surface area contributed by atoms with Gasteiger partial charge in [-0.05, 0) is 37.0 Å². The van der Waals surface area contributed by atoms with Gasteiger partial charge in [-0.25, -0.2) is 22.4 Å². The molecule has 4 aromatic rings. The van der Waals surface area contributed by atoms with Crippen molar-refractivity contribution in [1.82, 2.24) is 28.6 Å². The lowest BCUT2D eigenvalue weighted by Gasteiger charge is -2.36. The molecule has 6 rings (SSSR count). The predicted molar refractivity (Wildman–Crippen MR) is 137 cm³/mol. The van der Waals surface area contributed by atoms with Gasteiger partial charge >= 0.3 is 0 Å². The Kier molecular flexibility index (Phi) is 5.94. The second-order valence-electron chi connectivity index (χ2n) is 9.29. The highest BCUT2D eigenvalue weighted by Gasteiger charge is 2.27. The van der Waals surface area contributed by atoms with Crippen LogP contribution in [-0.4, -0.2) is 69.4 Å². The molecule has 10 heteroatoms. The molecule has 1 fully saturated rings. The van der Waals surface area contributed by atoms with Gasteiger partial charge in [0.15, 0.2) is 5.65 Å². The van der Waals surface area contributed by atoms with Crippen molar-refractivity contribution in [1.29, 1.82) is 0 Å². The molecule has 2 aliphatic rings. The number of benzene rings is 1. The number of aryl methyl sites for hydroxylation is 1. The molecule has 1 saturated heterocycles. The van der Waals surface area contributed by atoms with Crippen molar-refractivity contribution in [3.63, 3.8) is 0 Å². The molecule has 4 heterocycles. The first-order chi connectivity index (χ1) is 17.5. The summed E-state index contributed by atoms with van der Waals surface area (Å²) in [7, 11) is -2.02. The number of ether oxygens (including phenoxy) is 1. The molecule has 0 spiro atoms. The Bertz CT molecular complexity index is 1530. The van der Waals surface area contributed by atoms with E-state index in [2.05, 4.69) is 21.1 Å². The summed E-state index contributed by atoms with van der Waals surface area (Å²) in [5.74, 6) is 0. The molecule has 1 aliphatic carbocycles. The van der Waals surface area contributed by atoms with Crippen LogP contribution in [-0.2, 0) is 21.8 Å². The fraction of sp³-hybridized carbons (Fsp3) is 0.346. The summed E-state index contributed by atoms with van der Waals surface area (Å²) in [6, 6.07) is 8.92. The highest BCUT2D eigenvalue weighted by atomic mass is 32.2. The Morgan fingerprint density at radius 3 is 2.56 bits per heavy atom. The minimum Gasteiger partial charge on any atom is -0.379 e. The van der Waals surface area contributed by atoms with Crippen LogP contribution >= 0.6 is 0 Å². The lowest BCUT2D eigenvalue weighted by atomic mass is 9.92. The highest BCUT2D eigenvalue weighted by molar-refractivity contribution is 7.90. The number of allylic oxidation sites excluding steroid dienone is 1. The van der Waals surface area contributed by atoms with Gasteiger partial charge in [-0.3, -0.25) is 9.58 Å². The molecule has 1 aliphatic heterocycles. The zero-order valence-electron chi connectivity index (χ0n) is 20.1. The van der Waals surface area contributed by atoms with Gasteiger partial charge in [-0.2, -0.15) is 5.10 Å². The molecule has 0 amide bonds. The summed E-state index contributed by atoms with van der Waals surface area (Å²) >= 11 is 0. The second kappa shape index (κ2) is 9.27. The topological polar surface area (TPSA) is 95.1 Å². The van der Waals surface area contributed by atoms with Crippen LogP contribution in [0, 0.1) is 0 Å². The van der Waals surface area contributed by atoms with Crippen LogP contribution < -0.4 is 0 Å². The van der Waals surface area contributed by atoms with Crippen molar-refractivity contribution >= 4 is 26.8 Å². The Morgan fingerprint density at radius 2 is 1.86 bits per heavy atom. The first-order valence-electron chi connectivity index (χ1n) is 12.2. The summed E-state index contributed by atoms with van der Waals surface area (Å²) in [5.41, 5.74) is 4.29. The third-order valence-electron chi connectivity index (χ3n) is 7.05. The number of morpholine rings is 1. The average Bonchev–Trinajstić information content (AvgIpc) is 3.53. The van der Waals surface area contributed by atoms with Crippen molar-refractivity contribution in [2.45, 2.75) is 30.2 Å². The predicted octanol–water partition coefficient (Wildman–Crippen LogP) is 3.34. The smallest absolute Gasteiger partial charge is 0.269 e. The van der Waals surface area contributed by atoms with E-state index in [4.69, 9.17) is 9.72 Å². The Morgan fingerprint density at radius 1 is 1.06 bits per heavy atom. The number of nitrogens with zero attached hydrogens (tertiary/aromatic N) is 6. The van der Waals surface area contributed by atoms with E-state index in [0.29, 0.717) is 22.8 Å². The maximum absolute atomic E-state index is 13.5. The third kappa shape index (κ3) is 4.15. The largest absolute Gasteiger partial charge is 0.379 e. The monoisotopic (exact) mass is 504 g/mol. The van der Waals surface area contributed by atoms with Crippen LogP contribution in [0.5, 0.6) is 0 Å². The van der Waals surface area contributed by atoms with E-state index in [1.165, 1.54) is 3.97 Å². The van der Waals surface area contributed by atoms with Crippen molar-refractivity contribution in [2.75, 3.05) is 26.3 Å². The number of hydrogen-bond donors (Lipinski definition) is 0. The fourth-order valence-corrected chi connectivity index (χ4v) is 6.44. The highest BCUT2D eigenvalue weighted by Crippen LogP contribution is 2.34. The van der Waals surface area contributed by atoms with Crippen LogP contribution in [0.4, 0.5) is 0 Å². The summed E-state index contributed by atoms with van der Waals surface area (Å²) in [6.07, 6.45) is 12.1. The summed E-state index contributed by atoms with van der Waals surface area (Å²) in [6.45, 7) is 3.57. The first kappa shape index (κ1) is 23.1. The quantitative estimate of drug-likeness (QED) is 0.411. The lowest BCUT2D eigenvalue weighted by molar-refractivity contribution is 0.0150. The van der Waals surface area contributed by atoms with E-state index in [0.717, 1.165) is 62.4 Å². The Balaban J connectivity index is 1.41. The molecule has 0 N–H and O–H groups in total. The van der Waals surface area contributed by atoms with Gasteiger partial charge in [0, 0.05) is 49.7 Å². The van der Waals surface area contributed by atoms with Gasteiger partial charge in [0.1, 0.15) is 5.52 Å². The van der Waals surface area contributed by atoms with E-state index < -0.39 is 10.0 Å². The maximum Gasteiger partial charge on any atom is 0.269 e. The van der Waals surface area contributed by atoms with E-state index in [1.54, 1.807) is 53.6 Å². The van der Waals surface area contributed by atoms with Crippen LogP contribution in [0.1, 0.15) is 25.0 Å². The average molecular weight is 505 g/mol. The molecule has 36 heavy (non-hydrogen) atoms. The van der Waals surface area contributed by atoms with Crippen LogP contribution in [0.25, 0.3) is 27.9 Å². The van der Waals surface area contributed by atoms with Crippen molar-refractivity contribution in [2.24, 2.45) is 7.05 Å². The van der Waals surface area contributed by atoms with E-state index in [9.17, 15) is 8.42 Å². The first-order valence-corrected chi connectivity index (χ1v) is 13.6. The van der Waals surface area contributed by atoms with E-state index >= 15 is 0 Å². The molecule has 186 valence electrons. The van der Waals surface area contributed by atoms with Gasteiger partial charge in [0.05, 0.1) is 36.2 Å². The summed E-state index contributed by atoms with van der Waals surface area (Å²) in [4.78, 5) is 12.3. The second-order valence-corrected chi connectivity index (χ2v) is 11.1. The molecular weight excluding hydrogens is 476 g/mol. The van der Waals surface area contributed by atoms with E-state index in [-0.39, 0.29) is 4.90 Å². The SMILES string of the molecule is Cn1cc(-c2cn(S(=O)(=O)c3ccccc3)c3ncc(C4=CCC(N5CCOCC5)CC4)nc23)cn1. The lowest BCUT2D eigenvalue weighted by Crippen LogP contribution is -2.43. The molecule has 1 atom stereocenters. The molecular formula is C26H28N6O3S. The van der Waals surface area contributed by atoms with Crippen LogP contribution in [0.3, 0.4) is 0 Å². The molecule has 9 nitrogen and oxygen atoms in total. The van der Waals surface area contributed by atoms with Gasteiger partial charge in [-0.15, -0.1) is 0 Å². The normalized spacial score (nSPS) is 19.5. The number of rotatable bonds is 5. The third-order valence-corrected chi connectivity index (χ3v) is 8.72. The standard InChI is InChI=1S/C26H28N6O3S/c1-30-17-20(15-28-30)23-18-32(36(33,34)22-5-3-2-4-6-22)26-25(23)29-24(16-27-26)19-7-9-21(10-8-19)31-11-13-35-14-12-31/h2-7,15-18,21H,8-14H2,1H3. The minimum absolute atomic E-state index is 0.203. The molecule has 0 bridgehead atoms. The van der Waals surface area contributed by atoms with Crippen molar-refractivity contribution in [3.8, 4) is 11.1 Å². The van der Waals surface area contributed by atoms with Gasteiger partial charge < -0.3 is 4.74 Å². The number of aromatic nitrogens is 5. The van der Waals surface area contributed by atoms with E-state index in [1.807, 2.05) is 13.2 Å². The van der Waals surface area contributed by atoms with Gasteiger partial charge in [0.25, 0.3) is 10.0 Å². The van der Waals surface area contributed by atoms with Crippen molar-refractivity contribution in [3.05, 3.63) is 66.9 Å². The molecule has 0 radical (unpaired) electrons. The number of hydrogen-bond acceptors (Lipinski definition) is 7. The zero-order valence-corrected chi connectivity index (χ0v) is 20.9. The Hall–Kier alpha value is -3.34. The Labute approximate surface area is 210 Å². The minimum atomic E-state index is -3.85. The molecule has 3 aromatic heterocycles. The summed E-state index contributed by atoms with van der Waals surface area (Å²) in [5, 5.41) is 4.28.